The van der Waals surface area contributed by atoms with E-state index in [1.807, 2.05) is 7.11 Å². The predicted molar refractivity (Wildman–Crippen MR) is 85.5 cm³/mol. The fourth-order valence-corrected chi connectivity index (χ4v) is 5.72. The van der Waals surface area contributed by atoms with Gasteiger partial charge in [0.15, 0.2) is 10.4 Å². The molecule has 5 rings (SSSR count). The molecule has 4 fully saturated rings. The molecule has 120 valence electrons. The van der Waals surface area contributed by atoms with E-state index in [1.54, 1.807) is 12.1 Å². The molecule has 0 saturated heterocycles. The predicted octanol–water partition coefficient (Wildman–Crippen LogP) is 3.61. The molecule has 1 heterocycles. The zero-order valence-corrected chi connectivity index (χ0v) is 14.4. The fourth-order valence-electron chi connectivity index (χ4n) is 5.42. The van der Waals surface area contributed by atoms with Crippen LogP contribution >= 0.6 is 15.9 Å². The summed E-state index contributed by atoms with van der Waals surface area (Å²) in [7, 11) is 1.82. The van der Waals surface area contributed by atoms with E-state index < -0.39 is 0 Å². The number of methoxy groups -OCH3 is 1. The number of nitrogens with one attached hydrogen (secondary N) is 1. The quantitative estimate of drug-likeness (QED) is 0.883. The molecule has 4 bridgehead atoms. The number of carbonyl (C=O) groups is 1. The van der Waals surface area contributed by atoms with E-state index in [1.165, 1.54) is 32.1 Å². The summed E-state index contributed by atoms with van der Waals surface area (Å²) in [5.74, 6) is 3.16. The van der Waals surface area contributed by atoms with E-state index in [4.69, 9.17) is 9.15 Å². The van der Waals surface area contributed by atoms with E-state index in [-0.39, 0.29) is 11.5 Å². The van der Waals surface area contributed by atoms with Gasteiger partial charge in [0.25, 0.3) is 5.91 Å². The average molecular weight is 368 g/mol. The zero-order chi connectivity index (χ0) is 15.3. The summed E-state index contributed by atoms with van der Waals surface area (Å²) in [4.78, 5) is 12.3. The van der Waals surface area contributed by atoms with Crippen LogP contribution in [0.3, 0.4) is 0 Å². The van der Waals surface area contributed by atoms with Crippen LogP contribution in [-0.2, 0) is 4.74 Å². The van der Waals surface area contributed by atoms with Crippen LogP contribution in [0.2, 0.25) is 0 Å². The molecule has 4 aliphatic rings. The standard InChI is InChI=1S/C17H22BrNO3/c1-21-17(9-19-16(20)14-2-3-15(18)22-14)12-5-10-4-11(7-12)8-13(17)6-10/h2-3,10-13H,4-9H2,1H3,(H,19,20). The SMILES string of the molecule is COC1(CNC(=O)c2ccc(Br)o2)C2CC3CC(C2)CC1C3. The molecule has 0 unspecified atom stereocenters. The molecule has 4 aliphatic carbocycles. The highest BCUT2D eigenvalue weighted by molar-refractivity contribution is 9.10. The van der Waals surface area contributed by atoms with Gasteiger partial charge in [0.05, 0.1) is 5.60 Å². The minimum Gasteiger partial charge on any atom is -0.444 e. The molecule has 1 N–H and O–H groups in total. The number of furan rings is 1. The Morgan fingerprint density at radius 2 is 1.91 bits per heavy atom. The van der Waals surface area contributed by atoms with Gasteiger partial charge in [-0.2, -0.15) is 0 Å². The molecule has 0 radical (unpaired) electrons. The van der Waals surface area contributed by atoms with Crippen LogP contribution < -0.4 is 5.32 Å². The van der Waals surface area contributed by atoms with Crippen LogP contribution in [0.5, 0.6) is 0 Å². The lowest BCUT2D eigenvalue weighted by Crippen LogP contribution is -2.63. The summed E-state index contributed by atoms with van der Waals surface area (Å²) in [6, 6.07) is 3.43. The third-order valence-electron chi connectivity index (χ3n) is 6.22. The molecule has 0 aromatic carbocycles. The Balaban J connectivity index is 1.49. The van der Waals surface area contributed by atoms with Gasteiger partial charge in [0.1, 0.15) is 0 Å². The van der Waals surface area contributed by atoms with Gasteiger partial charge in [-0.3, -0.25) is 4.79 Å². The lowest BCUT2D eigenvalue weighted by Gasteiger charge is -2.60. The molecule has 5 heteroatoms. The average Bonchev–Trinajstić information content (AvgIpc) is 2.93. The van der Waals surface area contributed by atoms with Crippen molar-refractivity contribution < 1.29 is 13.9 Å². The smallest absolute Gasteiger partial charge is 0.287 e. The third-order valence-corrected chi connectivity index (χ3v) is 6.65. The molecular weight excluding hydrogens is 346 g/mol. The van der Waals surface area contributed by atoms with Crippen molar-refractivity contribution in [3.63, 3.8) is 0 Å². The maximum absolute atomic E-state index is 12.3. The molecule has 4 nitrogen and oxygen atoms in total. The van der Waals surface area contributed by atoms with Crippen LogP contribution in [0, 0.1) is 23.7 Å². The van der Waals surface area contributed by atoms with Crippen LogP contribution in [0.25, 0.3) is 0 Å². The topological polar surface area (TPSA) is 51.5 Å². The second kappa shape index (κ2) is 5.38. The van der Waals surface area contributed by atoms with Crippen molar-refractivity contribution in [2.75, 3.05) is 13.7 Å². The van der Waals surface area contributed by atoms with Crippen molar-refractivity contribution in [1.82, 2.24) is 5.32 Å². The summed E-state index contributed by atoms with van der Waals surface area (Å²) in [5.41, 5.74) is -0.174. The Kier molecular flexibility index (Phi) is 3.61. The van der Waals surface area contributed by atoms with Gasteiger partial charge in [0, 0.05) is 13.7 Å². The molecule has 0 aliphatic heterocycles. The Labute approximate surface area is 139 Å². The van der Waals surface area contributed by atoms with Crippen LogP contribution in [0.15, 0.2) is 21.2 Å². The van der Waals surface area contributed by atoms with Crippen LogP contribution in [0.1, 0.15) is 42.7 Å². The van der Waals surface area contributed by atoms with Gasteiger partial charge in [-0.25, -0.2) is 0 Å². The van der Waals surface area contributed by atoms with Crippen molar-refractivity contribution in [1.29, 1.82) is 0 Å². The Morgan fingerprint density at radius 3 is 2.41 bits per heavy atom. The highest BCUT2D eigenvalue weighted by atomic mass is 79.9. The van der Waals surface area contributed by atoms with Gasteiger partial charge in [0.2, 0.25) is 0 Å². The van der Waals surface area contributed by atoms with Gasteiger partial charge >= 0.3 is 0 Å². The maximum atomic E-state index is 12.3. The van der Waals surface area contributed by atoms with Gasteiger partial charge in [-0.15, -0.1) is 0 Å². The van der Waals surface area contributed by atoms with Gasteiger partial charge in [-0.1, -0.05) is 0 Å². The Morgan fingerprint density at radius 1 is 1.27 bits per heavy atom. The van der Waals surface area contributed by atoms with E-state index in [0.29, 0.717) is 28.8 Å². The number of hydrogen-bond acceptors (Lipinski definition) is 3. The highest BCUT2D eigenvalue weighted by Crippen LogP contribution is 2.59. The van der Waals surface area contributed by atoms with E-state index in [9.17, 15) is 4.79 Å². The number of ether oxygens (including phenoxy) is 1. The van der Waals surface area contributed by atoms with Crippen LogP contribution in [-0.4, -0.2) is 25.2 Å². The second-order valence-electron chi connectivity index (χ2n) is 7.25. The minimum absolute atomic E-state index is 0.157. The Bertz CT molecular complexity index is 554. The maximum Gasteiger partial charge on any atom is 0.287 e. The van der Waals surface area contributed by atoms with Crippen molar-refractivity contribution in [3.05, 3.63) is 22.6 Å². The summed E-state index contributed by atoms with van der Waals surface area (Å²) >= 11 is 3.23. The lowest BCUT2D eigenvalue weighted by molar-refractivity contribution is -0.186. The van der Waals surface area contributed by atoms with E-state index >= 15 is 0 Å². The molecule has 4 saturated carbocycles. The monoisotopic (exact) mass is 367 g/mol. The second-order valence-corrected chi connectivity index (χ2v) is 8.03. The zero-order valence-electron chi connectivity index (χ0n) is 12.8. The molecule has 0 atom stereocenters. The van der Waals surface area contributed by atoms with Crippen molar-refractivity contribution in [3.8, 4) is 0 Å². The number of rotatable bonds is 4. The van der Waals surface area contributed by atoms with Crippen LogP contribution in [0.4, 0.5) is 0 Å². The number of amides is 1. The molecule has 22 heavy (non-hydrogen) atoms. The largest absolute Gasteiger partial charge is 0.444 e. The normalized spacial score (nSPS) is 39.2. The fraction of sp³-hybridized carbons (Fsp3) is 0.706. The van der Waals surface area contributed by atoms with Crippen molar-refractivity contribution in [2.24, 2.45) is 23.7 Å². The summed E-state index contributed by atoms with van der Waals surface area (Å²) < 4.78 is 12.0. The first-order valence-electron chi connectivity index (χ1n) is 8.19. The minimum atomic E-state index is -0.174. The highest BCUT2D eigenvalue weighted by Gasteiger charge is 2.57. The molecule has 1 amide bonds. The summed E-state index contributed by atoms with van der Waals surface area (Å²) in [6.07, 6.45) is 6.48. The molecular formula is C17H22BrNO3. The Hall–Kier alpha value is -0.810. The van der Waals surface area contributed by atoms with E-state index in [2.05, 4.69) is 21.2 Å². The molecule has 1 aromatic rings. The van der Waals surface area contributed by atoms with Gasteiger partial charge < -0.3 is 14.5 Å². The number of halogens is 1. The molecule has 1 aromatic heterocycles. The lowest BCUT2D eigenvalue weighted by atomic mass is 9.49. The van der Waals surface area contributed by atoms with Crippen molar-refractivity contribution in [2.45, 2.75) is 37.7 Å². The first kappa shape index (κ1) is 14.8. The summed E-state index contributed by atoms with van der Waals surface area (Å²) in [5, 5.41) is 3.05. The van der Waals surface area contributed by atoms with Crippen molar-refractivity contribution >= 4 is 21.8 Å². The summed E-state index contributed by atoms with van der Waals surface area (Å²) in [6.45, 7) is 0.593. The number of carbonyl (C=O) groups excluding carboxylic acids is 1. The first-order valence-corrected chi connectivity index (χ1v) is 8.98. The first-order chi connectivity index (χ1) is 10.6. The third kappa shape index (κ3) is 2.24. The number of hydrogen-bond donors (Lipinski definition) is 1. The van der Waals surface area contributed by atoms with Gasteiger partial charge in [-0.05, 0) is 83.8 Å². The van der Waals surface area contributed by atoms with E-state index in [0.717, 1.165) is 11.8 Å². The molecule has 0 spiro atoms.